The number of nitrogens with one attached hydrogen (secondary N) is 1. The van der Waals surface area contributed by atoms with Crippen LogP contribution in [0.15, 0.2) is 24.5 Å². The van der Waals surface area contributed by atoms with E-state index in [0.29, 0.717) is 16.6 Å². The van der Waals surface area contributed by atoms with Crippen molar-refractivity contribution in [3.63, 3.8) is 0 Å². The van der Waals surface area contributed by atoms with E-state index in [9.17, 15) is 4.79 Å². The highest BCUT2D eigenvalue weighted by Crippen LogP contribution is 2.27. The van der Waals surface area contributed by atoms with Crippen LogP contribution in [-0.2, 0) is 11.2 Å². The highest BCUT2D eigenvalue weighted by Gasteiger charge is 2.16. The van der Waals surface area contributed by atoms with E-state index in [0.717, 1.165) is 6.42 Å². The summed E-state index contributed by atoms with van der Waals surface area (Å²) in [4.78, 5) is 19.7. The summed E-state index contributed by atoms with van der Waals surface area (Å²) in [6.45, 7) is 0.703. The zero-order valence-corrected chi connectivity index (χ0v) is 11.8. The largest absolute Gasteiger partial charge is 0.465 e. The number of anilines is 1. The number of aromatic nitrogens is 2. The molecule has 0 aliphatic heterocycles. The fourth-order valence-corrected chi connectivity index (χ4v) is 2.59. The smallest absolute Gasteiger partial charge is 0.351 e. The minimum absolute atomic E-state index is 0.170. The van der Waals surface area contributed by atoms with Gasteiger partial charge in [-0.05, 0) is 24.1 Å². The second-order valence-corrected chi connectivity index (χ2v) is 5.02. The molecule has 7 heteroatoms. The summed E-state index contributed by atoms with van der Waals surface area (Å²) in [6.07, 6.45) is 4.35. The summed E-state index contributed by atoms with van der Waals surface area (Å²) in [5.74, 6) is -0.468. The van der Waals surface area contributed by atoms with Crippen molar-refractivity contribution in [2.45, 2.75) is 6.42 Å². The van der Waals surface area contributed by atoms with E-state index in [2.05, 4.69) is 20.0 Å². The number of rotatable bonds is 5. The zero-order valence-electron chi connectivity index (χ0n) is 10.2. The van der Waals surface area contributed by atoms with Crippen LogP contribution in [0.1, 0.15) is 15.2 Å². The van der Waals surface area contributed by atoms with Gasteiger partial charge in [0.2, 0.25) is 0 Å². The van der Waals surface area contributed by atoms with Gasteiger partial charge >= 0.3 is 5.97 Å². The SMILES string of the molecule is COC(=O)c1sc(NCCc2ccncc2)nc1Cl. The van der Waals surface area contributed by atoms with Crippen LogP contribution in [0.4, 0.5) is 5.13 Å². The molecular weight excluding hydrogens is 286 g/mol. The van der Waals surface area contributed by atoms with Gasteiger partial charge in [0.25, 0.3) is 0 Å². The molecule has 19 heavy (non-hydrogen) atoms. The molecule has 1 N–H and O–H groups in total. The maximum atomic E-state index is 11.4. The lowest BCUT2D eigenvalue weighted by Gasteiger charge is -2.01. The Labute approximate surface area is 119 Å². The van der Waals surface area contributed by atoms with E-state index >= 15 is 0 Å². The molecule has 2 heterocycles. The van der Waals surface area contributed by atoms with Crippen LogP contribution in [0.2, 0.25) is 5.15 Å². The molecule has 0 saturated carbocycles. The number of methoxy groups -OCH3 is 1. The first-order valence-corrected chi connectivity index (χ1v) is 6.77. The van der Waals surface area contributed by atoms with E-state index in [-0.39, 0.29) is 5.15 Å². The molecule has 0 amide bonds. The van der Waals surface area contributed by atoms with Gasteiger partial charge in [-0.1, -0.05) is 22.9 Å². The zero-order chi connectivity index (χ0) is 13.7. The molecule has 0 bridgehead atoms. The molecule has 2 aromatic heterocycles. The highest BCUT2D eigenvalue weighted by atomic mass is 35.5. The molecule has 100 valence electrons. The van der Waals surface area contributed by atoms with Crippen LogP contribution in [-0.4, -0.2) is 29.6 Å². The van der Waals surface area contributed by atoms with E-state index in [1.54, 1.807) is 12.4 Å². The number of halogens is 1. The average molecular weight is 298 g/mol. The first kappa shape index (κ1) is 13.8. The van der Waals surface area contributed by atoms with Gasteiger partial charge < -0.3 is 10.1 Å². The van der Waals surface area contributed by atoms with Crippen molar-refractivity contribution in [2.24, 2.45) is 0 Å². The number of carbonyl (C=O) groups excluding carboxylic acids is 1. The predicted molar refractivity (Wildman–Crippen MR) is 74.9 cm³/mol. The van der Waals surface area contributed by atoms with Gasteiger partial charge in [-0.25, -0.2) is 9.78 Å². The van der Waals surface area contributed by atoms with Gasteiger partial charge in [0.05, 0.1) is 7.11 Å². The summed E-state index contributed by atoms with van der Waals surface area (Å²) in [5.41, 5.74) is 1.18. The lowest BCUT2D eigenvalue weighted by atomic mass is 10.2. The molecule has 2 aromatic rings. The van der Waals surface area contributed by atoms with Crippen molar-refractivity contribution in [1.82, 2.24) is 9.97 Å². The minimum atomic E-state index is -0.468. The molecule has 2 rings (SSSR count). The molecule has 0 fully saturated rings. The molecule has 0 aliphatic rings. The maximum absolute atomic E-state index is 11.4. The Morgan fingerprint density at radius 1 is 1.47 bits per heavy atom. The van der Waals surface area contributed by atoms with Gasteiger partial charge in [0, 0.05) is 18.9 Å². The first-order chi connectivity index (χ1) is 9.20. The van der Waals surface area contributed by atoms with Crippen molar-refractivity contribution in [1.29, 1.82) is 0 Å². The highest BCUT2D eigenvalue weighted by molar-refractivity contribution is 7.18. The Hall–Kier alpha value is -1.66. The van der Waals surface area contributed by atoms with Crippen LogP contribution in [0.5, 0.6) is 0 Å². The Kier molecular flexibility index (Phi) is 4.70. The summed E-state index contributed by atoms with van der Waals surface area (Å²) < 4.78 is 4.62. The molecule has 0 spiro atoms. The average Bonchev–Trinajstić information content (AvgIpc) is 2.80. The van der Waals surface area contributed by atoms with Crippen molar-refractivity contribution in [2.75, 3.05) is 19.0 Å². The standard InChI is InChI=1S/C12H12ClN3O2S/c1-18-11(17)9-10(13)16-12(19-9)15-7-4-8-2-5-14-6-3-8/h2-3,5-6H,4,7H2,1H3,(H,15,16). The van der Waals surface area contributed by atoms with Crippen LogP contribution in [0.25, 0.3) is 0 Å². The quantitative estimate of drug-likeness (QED) is 0.860. The second kappa shape index (κ2) is 6.49. The third kappa shape index (κ3) is 3.65. The predicted octanol–water partition coefficient (Wildman–Crippen LogP) is 2.63. The monoisotopic (exact) mass is 297 g/mol. The molecular formula is C12H12ClN3O2S. The summed E-state index contributed by atoms with van der Waals surface area (Å²) in [5, 5.41) is 3.91. The summed E-state index contributed by atoms with van der Waals surface area (Å²) in [6, 6.07) is 3.91. The number of nitrogens with zero attached hydrogens (tertiary/aromatic N) is 2. The number of esters is 1. The third-order valence-electron chi connectivity index (χ3n) is 2.40. The van der Waals surface area contributed by atoms with Gasteiger partial charge in [0.1, 0.15) is 0 Å². The normalized spacial score (nSPS) is 10.2. The van der Waals surface area contributed by atoms with E-state index in [4.69, 9.17) is 11.6 Å². The number of pyridine rings is 1. The van der Waals surface area contributed by atoms with Crippen molar-refractivity contribution >= 4 is 34.0 Å². The second-order valence-electron chi connectivity index (χ2n) is 3.66. The topological polar surface area (TPSA) is 64.1 Å². The fourth-order valence-electron chi connectivity index (χ4n) is 1.46. The fraction of sp³-hybridized carbons (Fsp3) is 0.250. The van der Waals surface area contributed by atoms with Crippen molar-refractivity contribution < 1.29 is 9.53 Å². The van der Waals surface area contributed by atoms with E-state index in [1.807, 2.05) is 12.1 Å². The number of carbonyl (C=O) groups is 1. The Bertz CT molecular complexity index is 559. The lowest BCUT2D eigenvalue weighted by Crippen LogP contribution is -2.04. The maximum Gasteiger partial charge on any atom is 0.351 e. The van der Waals surface area contributed by atoms with Crippen LogP contribution in [0.3, 0.4) is 0 Å². The number of ether oxygens (including phenoxy) is 1. The lowest BCUT2D eigenvalue weighted by molar-refractivity contribution is 0.0606. The number of hydrogen-bond acceptors (Lipinski definition) is 6. The molecule has 0 saturated heterocycles. The van der Waals surface area contributed by atoms with Gasteiger partial charge in [-0.15, -0.1) is 0 Å². The minimum Gasteiger partial charge on any atom is -0.465 e. The summed E-state index contributed by atoms with van der Waals surface area (Å²) in [7, 11) is 1.31. The molecule has 0 unspecified atom stereocenters. The molecule has 0 aliphatic carbocycles. The molecule has 0 atom stereocenters. The van der Waals surface area contributed by atoms with Crippen LogP contribution < -0.4 is 5.32 Å². The first-order valence-electron chi connectivity index (χ1n) is 5.58. The summed E-state index contributed by atoms with van der Waals surface area (Å²) >= 11 is 7.05. The van der Waals surface area contributed by atoms with Crippen LogP contribution >= 0.6 is 22.9 Å². The molecule has 5 nitrogen and oxygen atoms in total. The molecule has 0 aromatic carbocycles. The Morgan fingerprint density at radius 3 is 2.89 bits per heavy atom. The van der Waals surface area contributed by atoms with Gasteiger partial charge in [0.15, 0.2) is 15.2 Å². The van der Waals surface area contributed by atoms with Crippen molar-refractivity contribution in [3.05, 3.63) is 40.1 Å². The van der Waals surface area contributed by atoms with E-state index in [1.165, 1.54) is 24.0 Å². The van der Waals surface area contributed by atoms with Gasteiger partial charge in [-0.3, -0.25) is 4.98 Å². The number of hydrogen-bond donors (Lipinski definition) is 1. The van der Waals surface area contributed by atoms with Crippen LogP contribution in [0, 0.1) is 0 Å². The Morgan fingerprint density at radius 2 is 2.21 bits per heavy atom. The molecule has 0 radical (unpaired) electrons. The number of thiazole rings is 1. The van der Waals surface area contributed by atoms with Crippen molar-refractivity contribution in [3.8, 4) is 0 Å². The Balaban J connectivity index is 1.92. The van der Waals surface area contributed by atoms with Gasteiger partial charge in [-0.2, -0.15) is 0 Å². The third-order valence-corrected chi connectivity index (χ3v) is 3.77. The van der Waals surface area contributed by atoms with E-state index < -0.39 is 5.97 Å².